The molecule has 0 aliphatic rings. The third-order valence-corrected chi connectivity index (χ3v) is 3.74. The van der Waals surface area contributed by atoms with Crippen LogP contribution in [-0.2, 0) is 6.54 Å². The minimum absolute atomic E-state index is 0.138. The Labute approximate surface area is 144 Å². The lowest BCUT2D eigenvalue weighted by Crippen LogP contribution is -2.26. The predicted molar refractivity (Wildman–Crippen MR) is 91.7 cm³/mol. The van der Waals surface area contributed by atoms with Crippen molar-refractivity contribution in [3.8, 4) is 0 Å². The number of aryl methyl sites for hydroxylation is 1. The van der Waals surface area contributed by atoms with Crippen LogP contribution in [0.3, 0.4) is 0 Å². The molecule has 0 saturated carbocycles. The van der Waals surface area contributed by atoms with Crippen molar-refractivity contribution in [3.63, 3.8) is 0 Å². The van der Waals surface area contributed by atoms with Crippen LogP contribution in [0.1, 0.15) is 33.3 Å². The first-order chi connectivity index (χ1) is 11.8. The Morgan fingerprint density at radius 2 is 2.04 bits per heavy atom. The molecule has 0 atom stereocenters. The number of hydrogen-bond acceptors (Lipinski definition) is 5. The second kappa shape index (κ2) is 7.12. The molecule has 1 aromatic carbocycles. The summed E-state index contributed by atoms with van der Waals surface area (Å²) < 4.78 is 1.48. The average Bonchev–Trinajstić information content (AvgIpc) is 2.96. The van der Waals surface area contributed by atoms with E-state index in [0.717, 1.165) is 0 Å². The first-order valence-electron chi connectivity index (χ1n) is 7.60. The SMILES string of the molecule is CCn1ncc(NC(=O)c2cccc([N+](=O)[O-])c2C)c1C(=O)N(C)C. The lowest BCUT2D eigenvalue weighted by atomic mass is 10.1. The highest BCUT2D eigenvalue weighted by molar-refractivity contribution is 6.09. The Morgan fingerprint density at radius 3 is 2.60 bits per heavy atom. The van der Waals surface area contributed by atoms with Crippen molar-refractivity contribution in [2.45, 2.75) is 20.4 Å². The number of hydrogen-bond donors (Lipinski definition) is 1. The summed E-state index contributed by atoms with van der Waals surface area (Å²) in [6.07, 6.45) is 1.39. The molecule has 1 aromatic heterocycles. The fraction of sp³-hybridized carbons (Fsp3) is 0.312. The van der Waals surface area contributed by atoms with E-state index in [9.17, 15) is 19.7 Å². The second-order valence-corrected chi connectivity index (χ2v) is 5.58. The summed E-state index contributed by atoms with van der Waals surface area (Å²) in [6.45, 7) is 3.80. The van der Waals surface area contributed by atoms with Crippen molar-refractivity contribution in [1.29, 1.82) is 0 Å². The molecule has 0 fully saturated rings. The number of carbonyl (C=O) groups excluding carboxylic acids is 2. The van der Waals surface area contributed by atoms with Crippen LogP contribution in [0, 0.1) is 17.0 Å². The topological polar surface area (TPSA) is 110 Å². The van der Waals surface area contributed by atoms with Gasteiger partial charge in [-0.3, -0.25) is 24.4 Å². The van der Waals surface area contributed by atoms with Gasteiger partial charge in [0.2, 0.25) is 0 Å². The number of carbonyl (C=O) groups is 2. The van der Waals surface area contributed by atoms with Crippen LogP contribution < -0.4 is 5.32 Å². The Balaban J connectivity index is 2.40. The maximum absolute atomic E-state index is 12.6. The molecule has 25 heavy (non-hydrogen) atoms. The van der Waals surface area contributed by atoms with E-state index in [1.165, 1.54) is 40.9 Å². The molecule has 2 rings (SSSR count). The largest absolute Gasteiger partial charge is 0.343 e. The van der Waals surface area contributed by atoms with Crippen molar-refractivity contribution >= 4 is 23.2 Å². The molecular weight excluding hydrogens is 326 g/mol. The zero-order valence-electron chi connectivity index (χ0n) is 14.4. The van der Waals surface area contributed by atoms with Crippen molar-refractivity contribution in [2.24, 2.45) is 0 Å². The summed E-state index contributed by atoms with van der Waals surface area (Å²) in [7, 11) is 3.21. The number of nitrogens with zero attached hydrogens (tertiary/aromatic N) is 4. The normalized spacial score (nSPS) is 10.4. The molecule has 9 nitrogen and oxygen atoms in total. The van der Waals surface area contributed by atoms with Crippen molar-refractivity contribution < 1.29 is 14.5 Å². The minimum atomic E-state index is -0.539. The van der Waals surface area contributed by atoms with Crippen LogP contribution in [0.4, 0.5) is 11.4 Å². The van der Waals surface area contributed by atoms with Gasteiger partial charge in [0.05, 0.1) is 16.8 Å². The molecule has 1 heterocycles. The van der Waals surface area contributed by atoms with Gasteiger partial charge in [0.1, 0.15) is 5.69 Å². The standard InChI is InChI=1S/C16H19N5O4/c1-5-20-14(16(23)19(3)4)12(9-17-20)18-15(22)11-7-6-8-13(10(11)2)21(24)25/h6-9H,5H2,1-4H3,(H,18,22). The maximum Gasteiger partial charge on any atom is 0.273 e. The molecule has 9 heteroatoms. The van der Waals surface area contributed by atoms with Crippen molar-refractivity contribution in [2.75, 3.05) is 19.4 Å². The molecule has 0 saturated heterocycles. The van der Waals surface area contributed by atoms with Crippen LogP contribution in [-0.4, -0.2) is 45.5 Å². The minimum Gasteiger partial charge on any atom is -0.343 e. The van der Waals surface area contributed by atoms with Gasteiger partial charge in [-0.25, -0.2) is 0 Å². The van der Waals surface area contributed by atoms with Gasteiger partial charge in [0.15, 0.2) is 0 Å². The van der Waals surface area contributed by atoms with Crippen LogP contribution in [0.2, 0.25) is 0 Å². The van der Waals surface area contributed by atoms with Crippen molar-refractivity contribution in [1.82, 2.24) is 14.7 Å². The zero-order valence-corrected chi connectivity index (χ0v) is 14.4. The third kappa shape index (κ3) is 3.49. The number of amides is 2. The average molecular weight is 345 g/mol. The Morgan fingerprint density at radius 1 is 1.36 bits per heavy atom. The van der Waals surface area contributed by atoms with Gasteiger partial charge >= 0.3 is 0 Å². The highest BCUT2D eigenvalue weighted by Crippen LogP contribution is 2.23. The molecule has 0 unspecified atom stereocenters. The first kappa shape index (κ1) is 18.1. The molecule has 1 N–H and O–H groups in total. The van der Waals surface area contributed by atoms with E-state index >= 15 is 0 Å². The van der Waals surface area contributed by atoms with E-state index < -0.39 is 10.8 Å². The van der Waals surface area contributed by atoms with E-state index in [-0.39, 0.29) is 34.1 Å². The molecule has 0 aliphatic carbocycles. The third-order valence-electron chi connectivity index (χ3n) is 3.74. The number of anilines is 1. The molecule has 2 amide bonds. The van der Waals surface area contributed by atoms with Gasteiger partial charge in [-0.15, -0.1) is 0 Å². The number of nitro groups is 1. The number of rotatable bonds is 5. The Bertz CT molecular complexity index is 841. The van der Waals surface area contributed by atoms with E-state index in [4.69, 9.17) is 0 Å². The number of benzene rings is 1. The van der Waals surface area contributed by atoms with Gasteiger partial charge in [0, 0.05) is 37.8 Å². The number of nitro benzene ring substituents is 1. The number of nitrogens with one attached hydrogen (secondary N) is 1. The van der Waals surface area contributed by atoms with Gasteiger partial charge in [-0.2, -0.15) is 5.10 Å². The lowest BCUT2D eigenvalue weighted by Gasteiger charge is -2.14. The van der Waals surface area contributed by atoms with Gasteiger partial charge in [-0.1, -0.05) is 6.07 Å². The lowest BCUT2D eigenvalue weighted by molar-refractivity contribution is -0.385. The Kier molecular flexibility index (Phi) is 5.16. The molecule has 132 valence electrons. The molecule has 0 spiro atoms. The van der Waals surface area contributed by atoms with Crippen LogP contribution in [0.25, 0.3) is 0 Å². The van der Waals surface area contributed by atoms with E-state index in [2.05, 4.69) is 10.4 Å². The summed E-state index contributed by atoms with van der Waals surface area (Å²) in [4.78, 5) is 36.8. The molecule has 0 bridgehead atoms. The summed E-state index contributed by atoms with van der Waals surface area (Å²) in [5.41, 5.74) is 0.803. The van der Waals surface area contributed by atoms with E-state index in [1.54, 1.807) is 14.1 Å². The fourth-order valence-corrected chi connectivity index (χ4v) is 2.41. The van der Waals surface area contributed by atoms with Crippen LogP contribution >= 0.6 is 0 Å². The fourth-order valence-electron chi connectivity index (χ4n) is 2.41. The Hall–Kier alpha value is -3.23. The summed E-state index contributed by atoms with van der Waals surface area (Å²) in [5.74, 6) is -0.838. The smallest absolute Gasteiger partial charge is 0.273 e. The molecule has 2 aromatic rings. The summed E-state index contributed by atoms with van der Waals surface area (Å²) in [5, 5.41) is 17.8. The highest BCUT2D eigenvalue weighted by atomic mass is 16.6. The predicted octanol–water partition coefficient (Wildman–Crippen LogP) is 2.07. The molecule has 0 aliphatic heterocycles. The van der Waals surface area contributed by atoms with E-state index in [0.29, 0.717) is 6.54 Å². The van der Waals surface area contributed by atoms with Crippen LogP contribution in [0.15, 0.2) is 24.4 Å². The summed E-state index contributed by atoms with van der Waals surface area (Å²) >= 11 is 0. The van der Waals surface area contributed by atoms with Gasteiger partial charge < -0.3 is 10.2 Å². The van der Waals surface area contributed by atoms with Gasteiger partial charge in [-0.05, 0) is 19.9 Å². The van der Waals surface area contributed by atoms with Crippen LogP contribution in [0.5, 0.6) is 0 Å². The first-order valence-corrected chi connectivity index (χ1v) is 7.60. The molecule has 0 radical (unpaired) electrons. The van der Waals surface area contributed by atoms with Crippen molar-refractivity contribution in [3.05, 3.63) is 51.3 Å². The highest BCUT2D eigenvalue weighted by Gasteiger charge is 2.23. The quantitative estimate of drug-likeness (QED) is 0.659. The van der Waals surface area contributed by atoms with E-state index in [1.807, 2.05) is 6.92 Å². The van der Waals surface area contributed by atoms with Gasteiger partial charge in [0.25, 0.3) is 17.5 Å². The zero-order chi connectivity index (χ0) is 18.7. The number of aromatic nitrogens is 2. The molecular formula is C16H19N5O4. The monoisotopic (exact) mass is 345 g/mol. The second-order valence-electron chi connectivity index (χ2n) is 5.58. The maximum atomic E-state index is 12.6. The summed E-state index contributed by atoms with van der Waals surface area (Å²) in [6, 6.07) is 4.28.